The molecule has 0 heterocycles. The molecule has 0 aliphatic heterocycles. The summed E-state index contributed by atoms with van der Waals surface area (Å²) in [5.41, 5.74) is -1.08. The van der Waals surface area contributed by atoms with Crippen molar-refractivity contribution in [3.63, 3.8) is 0 Å². The summed E-state index contributed by atoms with van der Waals surface area (Å²) >= 11 is 0. The molecule has 0 saturated heterocycles. The second-order valence-electron chi connectivity index (χ2n) is 6.93. The quantitative estimate of drug-likeness (QED) is 0.445. The van der Waals surface area contributed by atoms with Crippen molar-refractivity contribution in [1.29, 1.82) is 0 Å². The van der Waals surface area contributed by atoms with E-state index < -0.39 is 25.4 Å². The number of carbonyl (C=O) groups is 2. The SMILES string of the molecule is CC[Si](C)(C)C[C@@H]1CC(C(=O)OC)(C(=O)OC)C[C@H]1C. The fraction of sp³-hybridized carbons (Fsp3) is 0.867. The predicted octanol–water partition coefficient (Wildman–Crippen LogP) is 3.09. The molecule has 0 radical (unpaired) electrons. The molecule has 0 spiro atoms. The molecule has 1 fully saturated rings. The molecule has 1 aliphatic rings. The molecule has 5 heteroatoms. The van der Waals surface area contributed by atoms with Gasteiger partial charge in [0.2, 0.25) is 0 Å². The molecular formula is C15H28O4Si. The van der Waals surface area contributed by atoms with E-state index >= 15 is 0 Å². The van der Waals surface area contributed by atoms with Gasteiger partial charge in [-0.25, -0.2) is 0 Å². The van der Waals surface area contributed by atoms with Crippen molar-refractivity contribution in [3.05, 3.63) is 0 Å². The van der Waals surface area contributed by atoms with Crippen LogP contribution < -0.4 is 0 Å². The van der Waals surface area contributed by atoms with Gasteiger partial charge in [0.25, 0.3) is 0 Å². The lowest BCUT2D eigenvalue weighted by Crippen LogP contribution is -2.39. The van der Waals surface area contributed by atoms with Gasteiger partial charge in [-0.3, -0.25) is 9.59 Å². The number of methoxy groups -OCH3 is 2. The Morgan fingerprint density at radius 2 is 1.65 bits per heavy atom. The van der Waals surface area contributed by atoms with Gasteiger partial charge in [-0.2, -0.15) is 0 Å². The zero-order chi connectivity index (χ0) is 15.6. The summed E-state index contributed by atoms with van der Waals surface area (Å²) in [5, 5.41) is 0. The number of esters is 2. The normalized spacial score (nSPS) is 25.3. The van der Waals surface area contributed by atoms with E-state index in [4.69, 9.17) is 9.47 Å². The predicted molar refractivity (Wildman–Crippen MR) is 81.1 cm³/mol. The van der Waals surface area contributed by atoms with Gasteiger partial charge >= 0.3 is 11.9 Å². The number of hydrogen-bond donors (Lipinski definition) is 0. The lowest BCUT2D eigenvalue weighted by Gasteiger charge is -2.27. The van der Waals surface area contributed by atoms with Gasteiger partial charge in [-0.15, -0.1) is 0 Å². The molecule has 0 aromatic heterocycles. The van der Waals surface area contributed by atoms with Crippen molar-refractivity contribution in [1.82, 2.24) is 0 Å². The van der Waals surface area contributed by atoms with Crippen molar-refractivity contribution in [2.45, 2.75) is 51.9 Å². The smallest absolute Gasteiger partial charge is 0.323 e. The molecule has 1 rings (SSSR count). The highest BCUT2D eigenvalue weighted by molar-refractivity contribution is 6.77. The van der Waals surface area contributed by atoms with E-state index in [1.54, 1.807) is 0 Å². The van der Waals surface area contributed by atoms with Crippen LogP contribution in [0.4, 0.5) is 0 Å². The summed E-state index contributed by atoms with van der Waals surface area (Å²) < 4.78 is 9.77. The largest absolute Gasteiger partial charge is 0.468 e. The molecule has 0 N–H and O–H groups in total. The third kappa shape index (κ3) is 3.24. The summed E-state index contributed by atoms with van der Waals surface area (Å²) in [7, 11) is 1.45. The van der Waals surface area contributed by atoms with Crippen molar-refractivity contribution < 1.29 is 19.1 Å². The highest BCUT2D eigenvalue weighted by Gasteiger charge is 2.56. The van der Waals surface area contributed by atoms with E-state index in [1.807, 2.05) is 0 Å². The first kappa shape index (κ1) is 17.2. The molecular weight excluding hydrogens is 272 g/mol. The summed E-state index contributed by atoms with van der Waals surface area (Å²) in [5.74, 6) is -0.106. The Hall–Kier alpha value is -0.843. The van der Waals surface area contributed by atoms with E-state index in [0.29, 0.717) is 24.7 Å². The first-order valence-corrected chi connectivity index (χ1v) is 10.8. The fourth-order valence-electron chi connectivity index (χ4n) is 3.38. The van der Waals surface area contributed by atoms with Crippen LogP contribution >= 0.6 is 0 Å². The Labute approximate surface area is 123 Å². The average Bonchev–Trinajstić information content (AvgIpc) is 2.74. The van der Waals surface area contributed by atoms with Crippen LogP contribution in [-0.4, -0.2) is 34.2 Å². The Kier molecular flexibility index (Phi) is 5.41. The average molecular weight is 300 g/mol. The molecule has 2 atom stereocenters. The molecule has 0 unspecified atom stereocenters. The van der Waals surface area contributed by atoms with Crippen LogP contribution in [0.5, 0.6) is 0 Å². The maximum Gasteiger partial charge on any atom is 0.323 e. The van der Waals surface area contributed by atoms with Crippen LogP contribution in [0.3, 0.4) is 0 Å². The lowest BCUT2D eigenvalue weighted by molar-refractivity contribution is -0.169. The van der Waals surface area contributed by atoms with Crippen molar-refractivity contribution >= 4 is 20.0 Å². The molecule has 4 nitrogen and oxygen atoms in total. The zero-order valence-electron chi connectivity index (χ0n) is 13.6. The first-order chi connectivity index (χ1) is 9.22. The lowest BCUT2D eigenvalue weighted by atomic mass is 9.85. The van der Waals surface area contributed by atoms with Crippen LogP contribution in [-0.2, 0) is 19.1 Å². The second kappa shape index (κ2) is 6.29. The number of carbonyl (C=O) groups excluding carboxylic acids is 2. The minimum absolute atomic E-state index is 0.353. The van der Waals surface area contributed by atoms with Gasteiger partial charge in [0, 0.05) is 8.07 Å². The van der Waals surface area contributed by atoms with Crippen molar-refractivity contribution in [2.24, 2.45) is 17.3 Å². The maximum atomic E-state index is 12.2. The van der Waals surface area contributed by atoms with Gasteiger partial charge in [-0.05, 0) is 24.7 Å². The van der Waals surface area contributed by atoms with Crippen molar-refractivity contribution in [3.8, 4) is 0 Å². The molecule has 20 heavy (non-hydrogen) atoms. The van der Waals surface area contributed by atoms with Crippen LogP contribution in [0.25, 0.3) is 0 Å². The molecule has 0 amide bonds. The van der Waals surface area contributed by atoms with E-state index in [0.717, 1.165) is 6.04 Å². The Morgan fingerprint density at radius 1 is 1.15 bits per heavy atom. The molecule has 1 aliphatic carbocycles. The van der Waals surface area contributed by atoms with Gasteiger partial charge in [0.1, 0.15) is 0 Å². The molecule has 0 bridgehead atoms. The van der Waals surface area contributed by atoms with E-state index in [-0.39, 0.29) is 0 Å². The van der Waals surface area contributed by atoms with E-state index in [2.05, 4.69) is 26.9 Å². The summed E-state index contributed by atoms with van der Waals surface area (Å²) in [6, 6.07) is 2.38. The highest BCUT2D eigenvalue weighted by Crippen LogP contribution is 2.50. The number of hydrogen-bond acceptors (Lipinski definition) is 4. The summed E-state index contributed by atoms with van der Waals surface area (Å²) in [4.78, 5) is 24.3. The van der Waals surface area contributed by atoms with Crippen LogP contribution in [0.15, 0.2) is 0 Å². The van der Waals surface area contributed by atoms with Crippen molar-refractivity contribution in [2.75, 3.05) is 14.2 Å². The molecule has 1 saturated carbocycles. The Balaban J connectivity index is 2.98. The zero-order valence-corrected chi connectivity index (χ0v) is 14.6. The van der Waals surface area contributed by atoms with Crippen LogP contribution in [0.2, 0.25) is 25.2 Å². The third-order valence-electron chi connectivity index (χ3n) is 5.01. The fourth-order valence-corrected chi connectivity index (χ4v) is 5.64. The van der Waals surface area contributed by atoms with E-state index in [9.17, 15) is 9.59 Å². The second-order valence-corrected chi connectivity index (χ2v) is 12.4. The monoisotopic (exact) mass is 300 g/mol. The minimum Gasteiger partial charge on any atom is -0.468 e. The molecule has 0 aromatic rings. The Morgan fingerprint density at radius 3 is 2.05 bits per heavy atom. The molecule has 116 valence electrons. The number of ether oxygens (including phenoxy) is 2. The third-order valence-corrected chi connectivity index (χ3v) is 8.55. The van der Waals surface area contributed by atoms with Gasteiger partial charge in [0.05, 0.1) is 14.2 Å². The summed E-state index contributed by atoms with van der Waals surface area (Å²) in [6.45, 7) is 9.12. The standard InChI is InChI=1S/C15H28O4Si/c1-7-20(5,6)10-12-9-15(8-11(12)2,13(16)18-3)14(17)19-4/h11-12H,7-10H2,1-6H3/t11-,12+/m1/s1. The van der Waals surface area contributed by atoms with Crippen LogP contribution in [0, 0.1) is 17.3 Å². The number of rotatable bonds is 5. The molecule has 0 aromatic carbocycles. The highest BCUT2D eigenvalue weighted by atomic mass is 28.3. The van der Waals surface area contributed by atoms with Gasteiger partial charge in [-0.1, -0.05) is 39.0 Å². The van der Waals surface area contributed by atoms with E-state index in [1.165, 1.54) is 20.3 Å². The van der Waals surface area contributed by atoms with Crippen LogP contribution in [0.1, 0.15) is 26.7 Å². The summed E-state index contributed by atoms with van der Waals surface area (Å²) in [6.07, 6.45) is 1.12. The van der Waals surface area contributed by atoms with Gasteiger partial charge in [0.15, 0.2) is 5.41 Å². The topological polar surface area (TPSA) is 52.6 Å². The maximum absolute atomic E-state index is 12.2. The Bertz CT molecular complexity index is 362. The minimum atomic E-state index is -1.24. The first-order valence-electron chi connectivity index (χ1n) is 7.39. The van der Waals surface area contributed by atoms with Gasteiger partial charge < -0.3 is 9.47 Å².